The second-order valence-electron chi connectivity index (χ2n) is 17.0. The van der Waals surface area contributed by atoms with E-state index in [9.17, 15) is 62.3 Å². The standard InChI is InChI=1S/C24H27F6N5O.C23H28F3N5O.CHF3/c1-34(14-15-11-17(23(25,26)27)13-18(12-15)24(28,29)30)21(36)20(16-5-3-2-4-6-16)35-9-7-19(8-10-35)33-22(31)32;1-30(15-16-6-5-9-18(14-16)23(24,25)26)21(32)20(17-7-3-2-4-8-17)31-12-10-19(11-13-31)29-22(27)28;2-1(3)4/h2-6,11-13,19-20H,7-10,14H2,1H3,(H4,31,32,33);2-9,14,19-20H,10-13,15H2,1H3,(H4,27,28,29);1H. The Hall–Kier alpha value is -6.56. The molecule has 2 heterocycles. The van der Waals surface area contributed by atoms with Gasteiger partial charge in [-0.1, -0.05) is 72.8 Å². The third-order valence-corrected chi connectivity index (χ3v) is 11.6. The molecule has 2 amide bonds. The van der Waals surface area contributed by atoms with Crippen molar-refractivity contribution in [1.82, 2.24) is 19.6 Å². The van der Waals surface area contributed by atoms with E-state index in [1.807, 2.05) is 35.2 Å². The number of likely N-dealkylation sites (N-methyl/N-ethyl adjacent to an activating group) is 2. The molecule has 0 aromatic heterocycles. The van der Waals surface area contributed by atoms with E-state index in [4.69, 9.17) is 22.9 Å². The van der Waals surface area contributed by atoms with Crippen LogP contribution in [0.15, 0.2) is 113 Å². The van der Waals surface area contributed by atoms with Gasteiger partial charge in [-0.2, -0.15) is 52.7 Å². The number of aliphatic imine (C=N–C) groups is 2. The van der Waals surface area contributed by atoms with Gasteiger partial charge in [0.2, 0.25) is 11.8 Å². The molecule has 394 valence electrons. The van der Waals surface area contributed by atoms with Gasteiger partial charge in [-0.3, -0.25) is 29.4 Å². The number of halogens is 12. The Labute approximate surface area is 408 Å². The summed E-state index contributed by atoms with van der Waals surface area (Å²) in [5.41, 5.74) is 20.0. The summed E-state index contributed by atoms with van der Waals surface area (Å²) in [5.74, 6) is -0.593. The molecule has 2 aliphatic rings. The fourth-order valence-corrected chi connectivity index (χ4v) is 8.34. The van der Waals surface area contributed by atoms with E-state index in [0.29, 0.717) is 75.1 Å². The molecule has 2 unspecified atom stereocenters. The second kappa shape index (κ2) is 25.7. The lowest BCUT2D eigenvalue weighted by Gasteiger charge is -2.37. The Morgan fingerprint density at radius 3 is 1.19 bits per heavy atom. The molecule has 24 heteroatoms. The van der Waals surface area contributed by atoms with Crippen LogP contribution >= 0.6 is 0 Å². The molecule has 0 aliphatic carbocycles. The Balaban J connectivity index is 0.000000292. The molecular formula is C48H56F12N10O2. The molecule has 12 nitrogen and oxygen atoms in total. The van der Waals surface area contributed by atoms with E-state index in [0.717, 1.165) is 22.6 Å². The van der Waals surface area contributed by atoms with Gasteiger partial charge in [0.1, 0.15) is 12.1 Å². The molecule has 8 N–H and O–H groups in total. The average molecular weight is 1030 g/mol. The Bertz CT molecular complexity index is 2360. The number of hydrogen-bond donors (Lipinski definition) is 4. The fraction of sp³-hybridized carbons (Fsp3) is 0.417. The van der Waals surface area contributed by atoms with Crippen molar-refractivity contribution in [1.29, 1.82) is 0 Å². The number of carbonyl (C=O) groups excluding carboxylic acids is 2. The summed E-state index contributed by atoms with van der Waals surface area (Å²) in [7, 11) is 2.97. The van der Waals surface area contributed by atoms with Gasteiger partial charge in [0.15, 0.2) is 11.9 Å². The molecule has 0 saturated carbocycles. The van der Waals surface area contributed by atoms with Crippen molar-refractivity contribution < 1.29 is 62.3 Å². The second-order valence-corrected chi connectivity index (χ2v) is 17.0. The molecule has 2 atom stereocenters. The number of nitrogens with two attached hydrogens (primary N) is 4. The minimum atomic E-state index is -4.97. The van der Waals surface area contributed by atoms with Crippen molar-refractivity contribution in [3.63, 3.8) is 0 Å². The highest BCUT2D eigenvalue weighted by Crippen LogP contribution is 2.37. The quantitative estimate of drug-likeness (QED) is 0.0621. The number of rotatable bonds is 12. The zero-order chi connectivity index (χ0) is 53.6. The summed E-state index contributed by atoms with van der Waals surface area (Å²) in [5, 5.41) is 0. The summed E-state index contributed by atoms with van der Waals surface area (Å²) in [6, 6.07) is 23.2. The number of nitrogens with zero attached hydrogens (tertiary/aromatic N) is 6. The van der Waals surface area contributed by atoms with Crippen molar-refractivity contribution in [2.45, 2.75) is 88.1 Å². The van der Waals surface area contributed by atoms with Crippen LogP contribution in [0.1, 0.15) is 76.7 Å². The van der Waals surface area contributed by atoms with Gasteiger partial charge >= 0.3 is 25.2 Å². The number of benzene rings is 4. The Kier molecular flexibility index (Phi) is 20.7. The maximum absolute atomic E-state index is 13.5. The molecule has 4 aromatic rings. The fourth-order valence-electron chi connectivity index (χ4n) is 8.34. The summed E-state index contributed by atoms with van der Waals surface area (Å²) >= 11 is 0. The van der Waals surface area contributed by atoms with Crippen LogP contribution in [0.25, 0.3) is 0 Å². The molecule has 4 aromatic carbocycles. The highest BCUT2D eigenvalue weighted by Gasteiger charge is 2.39. The zero-order valence-electron chi connectivity index (χ0n) is 39.1. The topological polar surface area (TPSA) is 176 Å². The number of piperidine rings is 2. The molecule has 6 rings (SSSR count). The summed E-state index contributed by atoms with van der Waals surface area (Å²) in [6.45, 7) is -1.81. The van der Waals surface area contributed by atoms with Gasteiger partial charge in [-0.05, 0) is 78.3 Å². The van der Waals surface area contributed by atoms with Gasteiger partial charge in [-0.25, -0.2) is 0 Å². The monoisotopic (exact) mass is 1030 g/mol. The first kappa shape index (κ1) is 58.0. The molecule has 0 spiro atoms. The molecule has 0 bridgehead atoms. The summed E-state index contributed by atoms with van der Waals surface area (Å²) < 4.78 is 148. The van der Waals surface area contributed by atoms with E-state index < -0.39 is 66.4 Å². The normalized spacial score (nSPS) is 16.0. The molecule has 2 aliphatic heterocycles. The number of guanidine groups is 2. The molecule has 2 fully saturated rings. The van der Waals surface area contributed by atoms with Crippen LogP contribution in [0.2, 0.25) is 0 Å². The van der Waals surface area contributed by atoms with E-state index in [1.165, 1.54) is 18.0 Å². The third kappa shape index (κ3) is 17.9. The van der Waals surface area contributed by atoms with Crippen molar-refractivity contribution in [3.05, 3.63) is 142 Å². The third-order valence-electron chi connectivity index (χ3n) is 11.6. The predicted molar refractivity (Wildman–Crippen MR) is 247 cm³/mol. The lowest BCUT2D eigenvalue weighted by Crippen LogP contribution is -2.45. The van der Waals surface area contributed by atoms with Gasteiger partial charge in [0, 0.05) is 53.4 Å². The summed E-state index contributed by atoms with van der Waals surface area (Å²) in [6.07, 6.45) is -11.8. The lowest BCUT2D eigenvalue weighted by atomic mass is 9.98. The van der Waals surface area contributed by atoms with Crippen LogP contribution in [0.5, 0.6) is 0 Å². The highest BCUT2D eigenvalue weighted by atomic mass is 19.4. The van der Waals surface area contributed by atoms with E-state index in [1.54, 1.807) is 43.4 Å². The average Bonchev–Trinajstić information content (AvgIpc) is 3.30. The van der Waals surface area contributed by atoms with Crippen LogP contribution < -0.4 is 22.9 Å². The minimum Gasteiger partial charge on any atom is -0.370 e. The maximum Gasteiger partial charge on any atom is 0.416 e. The van der Waals surface area contributed by atoms with E-state index in [-0.39, 0.29) is 48.1 Å². The number of alkyl halides is 12. The maximum atomic E-state index is 13.5. The van der Waals surface area contributed by atoms with Gasteiger partial charge < -0.3 is 32.7 Å². The molecule has 2 saturated heterocycles. The van der Waals surface area contributed by atoms with Crippen LogP contribution in [-0.4, -0.2) is 102 Å². The van der Waals surface area contributed by atoms with Gasteiger partial charge in [-0.15, -0.1) is 0 Å². The largest absolute Gasteiger partial charge is 0.416 e. The van der Waals surface area contributed by atoms with Crippen LogP contribution in [-0.2, 0) is 41.2 Å². The first-order chi connectivity index (χ1) is 33.6. The van der Waals surface area contributed by atoms with Crippen LogP contribution in [0, 0.1) is 0 Å². The van der Waals surface area contributed by atoms with Gasteiger partial charge in [0.25, 0.3) is 0 Å². The zero-order valence-corrected chi connectivity index (χ0v) is 39.1. The number of amides is 2. The van der Waals surface area contributed by atoms with Crippen molar-refractivity contribution in [2.75, 3.05) is 40.3 Å². The summed E-state index contributed by atoms with van der Waals surface area (Å²) in [4.78, 5) is 42.0. The van der Waals surface area contributed by atoms with Crippen molar-refractivity contribution >= 4 is 23.7 Å². The van der Waals surface area contributed by atoms with Crippen LogP contribution in [0.3, 0.4) is 0 Å². The Morgan fingerprint density at radius 1 is 0.528 bits per heavy atom. The first-order valence-corrected chi connectivity index (χ1v) is 22.3. The molecule has 0 radical (unpaired) electrons. The Morgan fingerprint density at radius 2 is 0.861 bits per heavy atom. The number of likely N-dealkylation sites (tertiary alicyclic amines) is 2. The lowest BCUT2D eigenvalue weighted by molar-refractivity contribution is -0.143. The SMILES string of the molecule is CN(Cc1cc(C(F)(F)F)cc(C(F)(F)F)c1)C(=O)C(c1ccccc1)N1CCC(N=C(N)N)CC1.CN(Cc1cccc(C(F)(F)F)c1)C(=O)C(c1ccccc1)N1CCC(N=C(N)N)CC1.FC(F)F. The highest BCUT2D eigenvalue weighted by molar-refractivity contribution is 5.84. The predicted octanol–water partition coefficient (Wildman–Crippen LogP) is 8.48. The minimum absolute atomic E-state index is 0.0191. The number of carbonyl (C=O) groups is 2. The van der Waals surface area contributed by atoms with Crippen LogP contribution in [0.4, 0.5) is 52.7 Å². The molecule has 72 heavy (non-hydrogen) atoms. The molecular weight excluding hydrogens is 977 g/mol. The van der Waals surface area contributed by atoms with E-state index in [2.05, 4.69) is 14.9 Å². The number of hydrogen-bond acceptors (Lipinski definition) is 6. The smallest absolute Gasteiger partial charge is 0.370 e. The van der Waals surface area contributed by atoms with Crippen molar-refractivity contribution in [3.8, 4) is 0 Å². The van der Waals surface area contributed by atoms with Crippen molar-refractivity contribution in [2.24, 2.45) is 32.9 Å². The van der Waals surface area contributed by atoms with Gasteiger partial charge in [0.05, 0.1) is 28.8 Å². The van der Waals surface area contributed by atoms with E-state index >= 15 is 0 Å². The first-order valence-electron chi connectivity index (χ1n) is 22.3.